The molecule has 0 unspecified atom stereocenters. The number of ether oxygens (including phenoxy) is 2. The van der Waals surface area contributed by atoms with Crippen molar-refractivity contribution in [1.29, 1.82) is 0 Å². The fourth-order valence-corrected chi connectivity index (χ4v) is 5.76. The Morgan fingerprint density at radius 2 is 1.52 bits per heavy atom. The van der Waals surface area contributed by atoms with Crippen molar-refractivity contribution in [2.45, 2.75) is 38.8 Å². The van der Waals surface area contributed by atoms with Gasteiger partial charge in [-0.1, -0.05) is 85.8 Å². The molecule has 0 bridgehead atoms. The minimum absolute atomic E-state index is 0.0172. The fourth-order valence-electron chi connectivity index (χ4n) is 5.76. The number of carbonyl (C=O) groups excluding carboxylic acids is 3. The van der Waals surface area contributed by atoms with Crippen LogP contribution in [0.15, 0.2) is 78.9 Å². The van der Waals surface area contributed by atoms with E-state index in [0.717, 1.165) is 27.8 Å². The summed E-state index contributed by atoms with van der Waals surface area (Å²) in [6.07, 6.45) is -1.27. The topological polar surface area (TPSA) is 122 Å². The quantitative estimate of drug-likeness (QED) is 0.361. The van der Waals surface area contributed by atoms with Gasteiger partial charge in [-0.15, -0.1) is 0 Å². The average molecular weight is 571 g/mol. The molecule has 0 saturated carbocycles. The van der Waals surface area contributed by atoms with E-state index in [1.165, 1.54) is 4.90 Å². The molecule has 42 heavy (non-hydrogen) atoms. The van der Waals surface area contributed by atoms with Crippen LogP contribution in [0.3, 0.4) is 0 Å². The lowest BCUT2D eigenvalue weighted by Gasteiger charge is -2.25. The molecule has 1 heterocycles. The number of likely N-dealkylation sites (tertiary alicyclic amines) is 1. The van der Waals surface area contributed by atoms with E-state index >= 15 is 0 Å². The number of fused-ring (bicyclic) bond motifs is 3. The van der Waals surface area contributed by atoms with Crippen LogP contribution >= 0.6 is 0 Å². The number of carboxylic acid groups (broad SMARTS) is 1. The van der Waals surface area contributed by atoms with Gasteiger partial charge in [0.2, 0.25) is 5.91 Å². The van der Waals surface area contributed by atoms with Crippen LogP contribution in [0.2, 0.25) is 0 Å². The Hall–Kier alpha value is -4.66. The monoisotopic (exact) mass is 570 g/mol. The molecule has 9 nitrogen and oxygen atoms in total. The van der Waals surface area contributed by atoms with Gasteiger partial charge in [0.25, 0.3) is 0 Å². The number of carbonyl (C=O) groups is 4. The molecule has 3 aromatic carbocycles. The van der Waals surface area contributed by atoms with E-state index in [0.29, 0.717) is 0 Å². The van der Waals surface area contributed by atoms with Gasteiger partial charge in [0.15, 0.2) is 0 Å². The van der Waals surface area contributed by atoms with E-state index in [9.17, 15) is 24.3 Å². The average Bonchev–Trinajstić information content (AvgIpc) is 3.49. The molecule has 0 aromatic heterocycles. The van der Waals surface area contributed by atoms with Crippen molar-refractivity contribution in [3.05, 3.63) is 95.6 Å². The van der Waals surface area contributed by atoms with E-state index in [2.05, 4.69) is 5.32 Å². The first kappa shape index (κ1) is 28.9. The molecule has 218 valence electrons. The van der Waals surface area contributed by atoms with Crippen molar-refractivity contribution in [1.82, 2.24) is 10.2 Å². The summed E-state index contributed by atoms with van der Waals surface area (Å²) in [6.45, 7) is 3.56. The third kappa shape index (κ3) is 5.86. The van der Waals surface area contributed by atoms with E-state index in [1.54, 1.807) is 13.8 Å². The normalized spacial score (nSPS) is 19.9. The summed E-state index contributed by atoms with van der Waals surface area (Å²) in [5.74, 6) is -2.74. The van der Waals surface area contributed by atoms with E-state index < -0.39 is 41.8 Å². The van der Waals surface area contributed by atoms with Crippen molar-refractivity contribution >= 4 is 23.9 Å². The summed E-state index contributed by atoms with van der Waals surface area (Å²) < 4.78 is 11.0. The van der Waals surface area contributed by atoms with Crippen LogP contribution in [0.4, 0.5) is 4.79 Å². The third-order valence-corrected chi connectivity index (χ3v) is 8.45. The summed E-state index contributed by atoms with van der Waals surface area (Å²) >= 11 is 0. The van der Waals surface area contributed by atoms with Crippen LogP contribution in [0.25, 0.3) is 11.1 Å². The van der Waals surface area contributed by atoms with Gasteiger partial charge in [-0.25, -0.2) is 4.79 Å². The standard InChI is InChI=1S/C33H34N2O7/c1-21-17-35(20-33(21,2)31(38)39)30(37)28(16-29(36)41-18-22-10-4-3-5-11-22)34-32(40)42-19-27-25-14-8-6-12-23(25)24-13-7-9-15-26(24)27/h3-15,21,27-28H,16-20H2,1-2H3,(H,34,40)(H,38,39)/t21-,28+,33-/m1/s1. The highest BCUT2D eigenvalue weighted by molar-refractivity contribution is 5.90. The van der Waals surface area contributed by atoms with Gasteiger partial charge in [0.1, 0.15) is 19.3 Å². The summed E-state index contributed by atoms with van der Waals surface area (Å²) in [6, 6.07) is 23.7. The molecule has 1 fully saturated rings. The first-order chi connectivity index (χ1) is 20.2. The summed E-state index contributed by atoms with van der Waals surface area (Å²) in [4.78, 5) is 52.8. The van der Waals surface area contributed by atoms with Gasteiger partial charge in [-0.2, -0.15) is 0 Å². The zero-order valence-electron chi connectivity index (χ0n) is 23.6. The summed E-state index contributed by atoms with van der Waals surface area (Å²) in [7, 11) is 0. The number of esters is 1. The van der Waals surface area contributed by atoms with E-state index in [-0.39, 0.29) is 38.1 Å². The number of rotatable bonds is 9. The molecule has 1 saturated heterocycles. The second kappa shape index (κ2) is 12.1. The highest BCUT2D eigenvalue weighted by atomic mass is 16.5. The van der Waals surface area contributed by atoms with Crippen LogP contribution in [-0.4, -0.2) is 59.7 Å². The Kier molecular flexibility index (Phi) is 8.29. The maximum Gasteiger partial charge on any atom is 0.407 e. The Morgan fingerprint density at radius 3 is 2.12 bits per heavy atom. The number of nitrogens with one attached hydrogen (secondary N) is 1. The van der Waals surface area contributed by atoms with E-state index in [1.807, 2.05) is 78.9 Å². The molecule has 3 aromatic rings. The summed E-state index contributed by atoms with van der Waals surface area (Å²) in [5, 5.41) is 12.3. The summed E-state index contributed by atoms with van der Waals surface area (Å²) in [5.41, 5.74) is 3.90. The Balaban J connectivity index is 1.28. The smallest absolute Gasteiger partial charge is 0.407 e. The van der Waals surface area contributed by atoms with Crippen LogP contribution in [0.1, 0.15) is 42.9 Å². The van der Waals surface area contributed by atoms with Gasteiger partial charge < -0.3 is 24.8 Å². The van der Waals surface area contributed by atoms with Crippen molar-refractivity contribution in [3.63, 3.8) is 0 Å². The Bertz CT molecular complexity index is 1440. The zero-order valence-corrected chi connectivity index (χ0v) is 23.6. The van der Waals surface area contributed by atoms with Crippen LogP contribution in [0, 0.1) is 11.3 Å². The number of amides is 2. The number of hydrogen-bond acceptors (Lipinski definition) is 6. The molecular weight excluding hydrogens is 536 g/mol. The lowest BCUT2D eigenvalue weighted by atomic mass is 9.81. The van der Waals surface area contributed by atoms with E-state index in [4.69, 9.17) is 9.47 Å². The molecule has 3 atom stereocenters. The number of carboxylic acids is 1. The molecular formula is C33H34N2O7. The van der Waals surface area contributed by atoms with Crippen molar-refractivity contribution in [3.8, 4) is 11.1 Å². The van der Waals surface area contributed by atoms with Crippen molar-refractivity contribution < 1.29 is 33.8 Å². The molecule has 9 heteroatoms. The molecule has 1 aliphatic carbocycles. The van der Waals surface area contributed by atoms with Gasteiger partial charge in [0.05, 0.1) is 11.8 Å². The molecule has 5 rings (SSSR count). The molecule has 0 spiro atoms. The Labute approximate surface area is 244 Å². The highest BCUT2D eigenvalue weighted by Gasteiger charge is 2.49. The first-order valence-electron chi connectivity index (χ1n) is 14.0. The largest absolute Gasteiger partial charge is 0.481 e. The number of nitrogens with zero attached hydrogens (tertiary/aromatic N) is 1. The minimum atomic E-state index is -1.28. The van der Waals surface area contributed by atoms with Gasteiger partial charge >= 0.3 is 18.0 Å². The first-order valence-corrected chi connectivity index (χ1v) is 14.0. The fraction of sp³-hybridized carbons (Fsp3) is 0.333. The molecule has 2 amide bonds. The maximum atomic E-state index is 13.6. The second-order valence-electron chi connectivity index (χ2n) is 11.2. The van der Waals surface area contributed by atoms with Crippen LogP contribution in [0.5, 0.6) is 0 Å². The zero-order chi connectivity index (χ0) is 29.9. The minimum Gasteiger partial charge on any atom is -0.481 e. The number of alkyl carbamates (subject to hydrolysis) is 1. The lowest BCUT2D eigenvalue weighted by molar-refractivity contribution is -0.150. The second-order valence-corrected chi connectivity index (χ2v) is 11.2. The number of hydrogen-bond donors (Lipinski definition) is 2. The van der Waals surface area contributed by atoms with Crippen molar-refractivity contribution in [2.75, 3.05) is 19.7 Å². The molecule has 0 radical (unpaired) electrons. The van der Waals surface area contributed by atoms with Gasteiger partial charge in [-0.3, -0.25) is 14.4 Å². The van der Waals surface area contributed by atoms with Gasteiger partial charge in [-0.05, 0) is 40.7 Å². The molecule has 2 aliphatic rings. The molecule has 2 N–H and O–H groups in total. The predicted molar refractivity (Wildman–Crippen MR) is 154 cm³/mol. The lowest BCUT2D eigenvalue weighted by Crippen LogP contribution is -2.50. The number of benzene rings is 3. The SMILES string of the molecule is C[C@@H]1CN(C(=O)[C@H](CC(=O)OCc2ccccc2)NC(=O)OCC2c3ccccc3-c3ccccc32)C[C@@]1(C)C(=O)O. The Morgan fingerprint density at radius 1 is 0.929 bits per heavy atom. The van der Waals surface area contributed by atoms with Crippen molar-refractivity contribution in [2.24, 2.45) is 11.3 Å². The van der Waals surface area contributed by atoms with Crippen LogP contribution < -0.4 is 5.32 Å². The van der Waals surface area contributed by atoms with Gasteiger partial charge in [0, 0.05) is 19.0 Å². The maximum absolute atomic E-state index is 13.6. The van der Waals surface area contributed by atoms with Crippen LogP contribution in [-0.2, 0) is 30.5 Å². The predicted octanol–water partition coefficient (Wildman–Crippen LogP) is 4.60. The molecule has 1 aliphatic heterocycles. The third-order valence-electron chi connectivity index (χ3n) is 8.45. The highest BCUT2D eigenvalue weighted by Crippen LogP contribution is 2.44. The number of aliphatic carboxylic acids is 1.